The number of amides is 2. The highest BCUT2D eigenvalue weighted by Crippen LogP contribution is 2.07. The van der Waals surface area contributed by atoms with Gasteiger partial charge >= 0.3 is 0 Å². The number of aryl methyl sites for hydroxylation is 1. The van der Waals surface area contributed by atoms with Gasteiger partial charge in [0.1, 0.15) is 12.2 Å². The van der Waals surface area contributed by atoms with Crippen LogP contribution in [0.15, 0.2) is 71.8 Å². The number of aromatic nitrogens is 2. The average Bonchev–Trinajstić information content (AvgIpc) is 2.73. The Kier molecular flexibility index (Phi) is 5.96. The number of anilines is 1. The third kappa shape index (κ3) is 4.70. The monoisotopic (exact) mass is 376 g/mol. The minimum atomic E-state index is -0.427. The number of rotatable bonds is 6. The SMILES string of the molecule is Cc1ccc(NC(=O)c2ccccc2)c(=O)n1CC(=O)NCc1ccncc1. The van der Waals surface area contributed by atoms with E-state index in [1.807, 2.05) is 0 Å². The van der Waals surface area contributed by atoms with E-state index in [1.54, 1.807) is 73.9 Å². The van der Waals surface area contributed by atoms with Crippen LogP contribution in [0, 0.1) is 6.92 Å². The topological polar surface area (TPSA) is 93.1 Å². The first-order valence-electron chi connectivity index (χ1n) is 8.77. The Hall–Kier alpha value is -3.74. The van der Waals surface area contributed by atoms with Crippen LogP contribution in [0.5, 0.6) is 0 Å². The number of hydrogen-bond acceptors (Lipinski definition) is 4. The second kappa shape index (κ2) is 8.77. The summed E-state index contributed by atoms with van der Waals surface area (Å²) in [5.41, 5.74) is 1.69. The molecule has 0 aliphatic heterocycles. The van der Waals surface area contributed by atoms with Crippen LogP contribution < -0.4 is 16.2 Å². The molecule has 2 aromatic heterocycles. The fourth-order valence-electron chi connectivity index (χ4n) is 2.65. The van der Waals surface area contributed by atoms with E-state index in [4.69, 9.17) is 0 Å². The summed E-state index contributed by atoms with van der Waals surface area (Å²) < 4.78 is 1.34. The quantitative estimate of drug-likeness (QED) is 0.689. The third-order valence-electron chi connectivity index (χ3n) is 4.22. The van der Waals surface area contributed by atoms with Crippen molar-refractivity contribution in [1.29, 1.82) is 0 Å². The number of pyridine rings is 2. The molecule has 1 aromatic carbocycles. The van der Waals surface area contributed by atoms with Crippen molar-refractivity contribution < 1.29 is 9.59 Å². The van der Waals surface area contributed by atoms with Gasteiger partial charge in [0.25, 0.3) is 11.5 Å². The van der Waals surface area contributed by atoms with Crippen LogP contribution in [0.2, 0.25) is 0 Å². The fourth-order valence-corrected chi connectivity index (χ4v) is 2.65. The zero-order valence-electron chi connectivity index (χ0n) is 15.4. The molecule has 0 bridgehead atoms. The number of nitrogens with zero attached hydrogens (tertiary/aromatic N) is 2. The van der Waals surface area contributed by atoms with Crippen LogP contribution in [0.4, 0.5) is 5.69 Å². The Balaban J connectivity index is 1.71. The largest absolute Gasteiger partial charge is 0.350 e. The first-order chi connectivity index (χ1) is 13.5. The van der Waals surface area contributed by atoms with Gasteiger partial charge in [-0.25, -0.2) is 0 Å². The predicted molar refractivity (Wildman–Crippen MR) is 106 cm³/mol. The van der Waals surface area contributed by atoms with E-state index in [2.05, 4.69) is 15.6 Å². The van der Waals surface area contributed by atoms with Gasteiger partial charge in [0.15, 0.2) is 0 Å². The summed E-state index contributed by atoms with van der Waals surface area (Å²) >= 11 is 0. The summed E-state index contributed by atoms with van der Waals surface area (Å²) in [5.74, 6) is -0.677. The number of benzene rings is 1. The fraction of sp³-hybridized carbons (Fsp3) is 0.143. The molecule has 0 saturated carbocycles. The molecular weight excluding hydrogens is 356 g/mol. The van der Waals surface area contributed by atoms with Crippen LogP contribution >= 0.6 is 0 Å². The van der Waals surface area contributed by atoms with Gasteiger partial charge < -0.3 is 15.2 Å². The van der Waals surface area contributed by atoms with Gasteiger partial charge in [0.2, 0.25) is 5.91 Å². The molecule has 7 heteroatoms. The number of hydrogen-bond donors (Lipinski definition) is 2. The highest BCUT2D eigenvalue weighted by molar-refractivity contribution is 6.04. The minimum absolute atomic E-state index is 0.126. The molecule has 142 valence electrons. The standard InChI is InChI=1S/C21H20N4O3/c1-15-7-8-18(24-20(27)17-5-3-2-4-6-17)21(28)25(15)14-19(26)23-13-16-9-11-22-12-10-16/h2-12H,13-14H2,1H3,(H,23,26)(H,24,27). The molecule has 2 amide bonds. The molecule has 0 atom stereocenters. The first-order valence-corrected chi connectivity index (χ1v) is 8.77. The van der Waals surface area contributed by atoms with Crippen LogP contribution in [-0.4, -0.2) is 21.4 Å². The Bertz CT molecular complexity index is 1030. The smallest absolute Gasteiger partial charge is 0.274 e. The van der Waals surface area contributed by atoms with Gasteiger partial charge in [-0.3, -0.25) is 19.4 Å². The van der Waals surface area contributed by atoms with E-state index in [0.717, 1.165) is 5.56 Å². The van der Waals surface area contributed by atoms with E-state index < -0.39 is 5.56 Å². The van der Waals surface area contributed by atoms with Crippen molar-refractivity contribution in [3.05, 3.63) is 94.2 Å². The zero-order chi connectivity index (χ0) is 19.9. The molecular formula is C21H20N4O3. The molecule has 7 nitrogen and oxygen atoms in total. The molecule has 28 heavy (non-hydrogen) atoms. The summed E-state index contributed by atoms with van der Waals surface area (Å²) in [5, 5.41) is 5.39. The molecule has 0 unspecified atom stereocenters. The van der Waals surface area contributed by atoms with Crippen molar-refractivity contribution >= 4 is 17.5 Å². The maximum Gasteiger partial charge on any atom is 0.274 e. The molecule has 0 aliphatic carbocycles. The van der Waals surface area contributed by atoms with Crippen molar-refractivity contribution in [2.75, 3.05) is 5.32 Å². The van der Waals surface area contributed by atoms with E-state index in [9.17, 15) is 14.4 Å². The predicted octanol–water partition coefficient (Wildman–Crippen LogP) is 2.12. The van der Waals surface area contributed by atoms with Crippen molar-refractivity contribution in [1.82, 2.24) is 14.9 Å². The highest BCUT2D eigenvalue weighted by Gasteiger charge is 2.13. The molecule has 0 saturated heterocycles. The summed E-state index contributed by atoms with van der Waals surface area (Å²) in [7, 11) is 0. The number of carbonyl (C=O) groups is 2. The lowest BCUT2D eigenvalue weighted by atomic mass is 10.2. The lowest BCUT2D eigenvalue weighted by Gasteiger charge is -2.13. The van der Waals surface area contributed by atoms with E-state index in [0.29, 0.717) is 17.8 Å². The highest BCUT2D eigenvalue weighted by atomic mass is 16.2. The normalized spacial score (nSPS) is 10.3. The molecule has 3 aromatic rings. The van der Waals surface area contributed by atoms with Crippen molar-refractivity contribution in [3.8, 4) is 0 Å². The molecule has 0 aliphatic rings. The van der Waals surface area contributed by atoms with Gasteiger partial charge in [-0.15, -0.1) is 0 Å². The maximum atomic E-state index is 12.7. The van der Waals surface area contributed by atoms with Gasteiger partial charge in [-0.05, 0) is 48.9 Å². The molecule has 0 spiro atoms. The van der Waals surface area contributed by atoms with Crippen LogP contribution in [0.3, 0.4) is 0 Å². The van der Waals surface area contributed by atoms with E-state index in [1.165, 1.54) is 4.57 Å². The maximum absolute atomic E-state index is 12.7. The Morgan fingerprint density at radius 3 is 2.43 bits per heavy atom. The Labute approximate surface area is 162 Å². The summed E-state index contributed by atoms with van der Waals surface area (Å²) in [6.45, 7) is 1.95. The van der Waals surface area contributed by atoms with E-state index >= 15 is 0 Å². The van der Waals surface area contributed by atoms with Gasteiger partial charge in [-0.1, -0.05) is 18.2 Å². The molecule has 2 heterocycles. The first kappa shape index (κ1) is 19.0. The van der Waals surface area contributed by atoms with Gasteiger partial charge in [0.05, 0.1) is 0 Å². The Morgan fingerprint density at radius 2 is 1.71 bits per heavy atom. The van der Waals surface area contributed by atoms with Crippen molar-refractivity contribution in [2.45, 2.75) is 20.0 Å². The number of carbonyl (C=O) groups excluding carboxylic acids is 2. The van der Waals surface area contributed by atoms with E-state index in [-0.39, 0.29) is 24.0 Å². The number of nitrogens with one attached hydrogen (secondary N) is 2. The summed E-state index contributed by atoms with van der Waals surface area (Å²) in [4.78, 5) is 41.2. The molecule has 2 N–H and O–H groups in total. The van der Waals surface area contributed by atoms with Gasteiger partial charge in [0, 0.05) is 30.2 Å². The second-order valence-electron chi connectivity index (χ2n) is 6.23. The summed E-state index contributed by atoms with van der Waals surface area (Å²) in [6, 6.07) is 15.5. The lowest BCUT2D eigenvalue weighted by molar-refractivity contribution is -0.121. The van der Waals surface area contributed by atoms with Crippen molar-refractivity contribution in [3.63, 3.8) is 0 Å². The molecule has 0 fully saturated rings. The lowest BCUT2D eigenvalue weighted by Crippen LogP contribution is -2.34. The van der Waals surface area contributed by atoms with Crippen LogP contribution in [0.1, 0.15) is 21.6 Å². The zero-order valence-corrected chi connectivity index (χ0v) is 15.4. The second-order valence-corrected chi connectivity index (χ2v) is 6.23. The third-order valence-corrected chi connectivity index (χ3v) is 4.22. The minimum Gasteiger partial charge on any atom is -0.350 e. The van der Waals surface area contributed by atoms with Crippen LogP contribution in [0.25, 0.3) is 0 Å². The molecule has 0 radical (unpaired) electrons. The molecule has 3 rings (SSSR count). The summed E-state index contributed by atoms with van der Waals surface area (Å²) in [6.07, 6.45) is 3.30. The van der Waals surface area contributed by atoms with Gasteiger partial charge in [-0.2, -0.15) is 0 Å². The van der Waals surface area contributed by atoms with Crippen molar-refractivity contribution in [2.24, 2.45) is 0 Å². The van der Waals surface area contributed by atoms with Crippen LogP contribution in [-0.2, 0) is 17.9 Å². The average molecular weight is 376 g/mol. The Morgan fingerprint density at radius 1 is 1.00 bits per heavy atom.